The molecule has 146 valence electrons. The maximum absolute atomic E-state index is 12.6. The van der Waals surface area contributed by atoms with E-state index in [9.17, 15) is 32.3 Å². The van der Waals surface area contributed by atoms with Crippen LogP contribution in [0.2, 0.25) is 0 Å². The van der Waals surface area contributed by atoms with Crippen molar-refractivity contribution in [3.8, 4) is 0 Å². The third-order valence-electron chi connectivity index (χ3n) is 4.64. The van der Waals surface area contributed by atoms with E-state index in [2.05, 4.69) is 10.1 Å². The number of urea groups is 1. The Hall–Kier alpha value is -2.33. The third-order valence-corrected chi connectivity index (χ3v) is 4.64. The maximum atomic E-state index is 12.6. The van der Waals surface area contributed by atoms with E-state index < -0.39 is 55.2 Å². The molecule has 0 aromatic heterocycles. The van der Waals surface area contributed by atoms with Crippen LogP contribution in [0.5, 0.6) is 0 Å². The summed E-state index contributed by atoms with van der Waals surface area (Å²) in [4.78, 5) is 48.4. The highest BCUT2D eigenvalue weighted by Crippen LogP contribution is 2.38. The van der Waals surface area contributed by atoms with Crippen molar-refractivity contribution in [2.45, 2.75) is 44.3 Å². The Morgan fingerprint density at radius 2 is 2.04 bits per heavy atom. The zero-order valence-corrected chi connectivity index (χ0v) is 14.1. The second kappa shape index (κ2) is 7.50. The van der Waals surface area contributed by atoms with Gasteiger partial charge >= 0.3 is 18.2 Å². The third kappa shape index (κ3) is 4.44. The van der Waals surface area contributed by atoms with E-state index in [0.29, 0.717) is 6.42 Å². The fourth-order valence-corrected chi connectivity index (χ4v) is 3.21. The fraction of sp³-hybridized carbons (Fsp3) is 0.733. The molecule has 1 heterocycles. The van der Waals surface area contributed by atoms with Crippen LogP contribution in [-0.4, -0.2) is 60.1 Å². The topological polar surface area (TPSA) is 105 Å². The zero-order chi connectivity index (χ0) is 19.5. The zero-order valence-electron chi connectivity index (χ0n) is 14.1. The van der Waals surface area contributed by atoms with Crippen molar-refractivity contribution >= 4 is 23.8 Å². The predicted molar refractivity (Wildman–Crippen MR) is 80.6 cm³/mol. The molecule has 1 aliphatic carbocycles. The largest absolute Gasteiger partial charge is 0.454 e. The number of nitrogens with zero attached hydrogens (tertiary/aromatic N) is 1. The lowest BCUT2D eigenvalue weighted by molar-refractivity contribution is -0.153. The number of amides is 4. The SMILES string of the molecule is CC1CCCCC12NC(=O)N(CC(=O)OCC(=O)NCC(F)(F)F)C2=O. The van der Waals surface area contributed by atoms with Gasteiger partial charge in [-0.1, -0.05) is 19.8 Å². The summed E-state index contributed by atoms with van der Waals surface area (Å²) in [6.07, 6.45) is -1.62. The highest BCUT2D eigenvalue weighted by atomic mass is 19.4. The quantitative estimate of drug-likeness (QED) is 0.541. The predicted octanol–water partition coefficient (Wildman–Crippen LogP) is 0.709. The van der Waals surface area contributed by atoms with E-state index >= 15 is 0 Å². The summed E-state index contributed by atoms with van der Waals surface area (Å²) < 4.78 is 40.4. The lowest BCUT2D eigenvalue weighted by Gasteiger charge is -2.36. The minimum Gasteiger partial charge on any atom is -0.454 e. The number of nitrogens with one attached hydrogen (secondary N) is 2. The van der Waals surface area contributed by atoms with Gasteiger partial charge in [0.1, 0.15) is 18.6 Å². The molecule has 8 nitrogen and oxygen atoms in total. The lowest BCUT2D eigenvalue weighted by atomic mass is 9.73. The first-order chi connectivity index (χ1) is 12.0. The summed E-state index contributed by atoms with van der Waals surface area (Å²) in [5.74, 6) is -2.79. The van der Waals surface area contributed by atoms with Crippen LogP contribution < -0.4 is 10.6 Å². The number of hydrogen-bond acceptors (Lipinski definition) is 5. The molecule has 4 amide bonds. The van der Waals surface area contributed by atoms with Crippen molar-refractivity contribution in [2.75, 3.05) is 19.7 Å². The van der Waals surface area contributed by atoms with Crippen molar-refractivity contribution < 1.29 is 37.1 Å². The molecule has 1 aliphatic heterocycles. The maximum Gasteiger partial charge on any atom is 0.405 e. The molecule has 2 unspecified atom stereocenters. The molecule has 2 rings (SSSR count). The smallest absolute Gasteiger partial charge is 0.405 e. The van der Waals surface area contributed by atoms with Gasteiger partial charge in [-0.3, -0.25) is 19.3 Å². The number of hydrogen-bond donors (Lipinski definition) is 2. The van der Waals surface area contributed by atoms with E-state index in [0.717, 1.165) is 24.2 Å². The summed E-state index contributed by atoms with van der Waals surface area (Å²) in [5, 5.41) is 4.19. The van der Waals surface area contributed by atoms with Gasteiger partial charge < -0.3 is 15.4 Å². The van der Waals surface area contributed by atoms with Crippen LogP contribution in [0.1, 0.15) is 32.6 Å². The van der Waals surface area contributed by atoms with Gasteiger partial charge in [0.15, 0.2) is 6.61 Å². The Morgan fingerprint density at radius 1 is 1.35 bits per heavy atom. The molecule has 2 aliphatic rings. The van der Waals surface area contributed by atoms with Crippen LogP contribution in [0.25, 0.3) is 0 Å². The minimum absolute atomic E-state index is 0.0816. The Bertz CT molecular complexity index is 610. The number of carbonyl (C=O) groups is 4. The second-order valence-electron chi connectivity index (χ2n) is 6.49. The number of carbonyl (C=O) groups excluding carboxylic acids is 4. The van der Waals surface area contributed by atoms with Crippen LogP contribution in [-0.2, 0) is 19.1 Å². The molecular weight excluding hydrogens is 359 g/mol. The van der Waals surface area contributed by atoms with Crippen molar-refractivity contribution in [1.82, 2.24) is 15.5 Å². The Balaban J connectivity index is 1.86. The highest BCUT2D eigenvalue weighted by Gasteiger charge is 2.55. The molecule has 0 aromatic carbocycles. The Morgan fingerprint density at radius 3 is 2.65 bits per heavy atom. The molecule has 1 saturated heterocycles. The minimum atomic E-state index is -4.58. The monoisotopic (exact) mass is 379 g/mol. The van der Waals surface area contributed by atoms with Gasteiger partial charge in [0.25, 0.3) is 11.8 Å². The average molecular weight is 379 g/mol. The van der Waals surface area contributed by atoms with Crippen molar-refractivity contribution in [2.24, 2.45) is 5.92 Å². The molecule has 2 N–H and O–H groups in total. The number of esters is 1. The molecule has 0 radical (unpaired) electrons. The molecule has 1 saturated carbocycles. The number of ether oxygens (including phenoxy) is 1. The summed E-state index contributed by atoms with van der Waals surface area (Å²) in [6, 6.07) is -0.720. The first kappa shape index (κ1) is 20.0. The summed E-state index contributed by atoms with van der Waals surface area (Å²) in [6.45, 7) is -1.33. The van der Waals surface area contributed by atoms with Gasteiger partial charge in [-0.2, -0.15) is 13.2 Å². The lowest BCUT2D eigenvalue weighted by Crippen LogP contribution is -2.54. The van der Waals surface area contributed by atoms with Gasteiger partial charge in [-0.15, -0.1) is 0 Å². The number of alkyl halides is 3. The first-order valence-electron chi connectivity index (χ1n) is 8.18. The standard InChI is InChI=1S/C15H20F3N3O5/c1-9-4-2-3-5-14(9)12(24)21(13(25)20-14)6-11(23)26-7-10(22)19-8-15(16,17)18/h9H,2-8H2,1H3,(H,19,22)(H,20,25). The number of halogens is 3. The van der Waals surface area contributed by atoms with Gasteiger partial charge in [0.05, 0.1) is 0 Å². The van der Waals surface area contributed by atoms with E-state index in [1.165, 1.54) is 0 Å². The number of rotatable bonds is 5. The van der Waals surface area contributed by atoms with Gasteiger partial charge in [0.2, 0.25) is 0 Å². The number of imide groups is 1. The normalized spacial score (nSPS) is 26.0. The van der Waals surface area contributed by atoms with Crippen molar-refractivity contribution in [3.05, 3.63) is 0 Å². The van der Waals surface area contributed by atoms with E-state index in [-0.39, 0.29) is 5.92 Å². The van der Waals surface area contributed by atoms with Crippen molar-refractivity contribution in [3.63, 3.8) is 0 Å². The molecule has 1 spiro atoms. The van der Waals surface area contributed by atoms with Gasteiger partial charge in [-0.05, 0) is 18.8 Å². The van der Waals surface area contributed by atoms with Gasteiger partial charge in [-0.25, -0.2) is 4.79 Å². The Labute approximate surface area is 147 Å². The van der Waals surface area contributed by atoms with E-state index in [1.54, 1.807) is 5.32 Å². The summed E-state index contributed by atoms with van der Waals surface area (Å²) in [7, 11) is 0. The van der Waals surface area contributed by atoms with Crippen LogP contribution >= 0.6 is 0 Å². The molecule has 26 heavy (non-hydrogen) atoms. The molecule has 2 atom stereocenters. The molecular formula is C15H20F3N3O5. The molecule has 2 fully saturated rings. The van der Waals surface area contributed by atoms with Crippen molar-refractivity contribution in [1.29, 1.82) is 0 Å². The molecule has 0 bridgehead atoms. The van der Waals surface area contributed by atoms with Crippen LogP contribution in [0, 0.1) is 5.92 Å². The highest BCUT2D eigenvalue weighted by molar-refractivity contribution is 6.09. The van der Waals surface area contributed by atoms with Crippen LogP contribution in [0.4, 0.5) is 18.0 Å². The molecule has 0 aromatic rings. The van der Waals surface area contributed by atoms with E-state index in [4.69, 9.17) is 0 Å². The average Bonchev–Trinajstić information content (AvgIpc) is 2.78. The Kier molecular flexibility index (Phi) is 5.77. The van der Waals surface area contributed by atoms with E-state index in [1.807, 2.05) is 6.92 Å². The molecule has 11 heteroatoms. The van der Waals surface area contributed by atoms with Crippen LogP contribution in [0.3, 0.4) is 0 Å². The summed E-state index contributed by atoms with van der Waals surface area (Å²) in [5.41, 5.74) is -1.03. The van der Waals surface area contributed by atoms with Crippen LogP contribution in [0.15, 0.2) is 0 Å². The second-order valence-corrected chi connectivity index (χ2v) is 6.49. The first-order valence-corrected chi connectivity index (χ1v) is 8.18. The summed E-state index contributed by atoms with van der Waals surface area (Å²) >= 11 is 0. The van der Waals surface area contributed by atoms with Gasteiger partial charge in [0, 0.05) is 0 Å². The fourth-order valence-electron chi connectivity index (χ4n) is 3.21.